The minimum atomic E-state index is -0.349. The van der Waals surface area contributed by atoms with Crippen LogP contribution in [-0.4, -0.2) is 10.5 Å². The number of thiophene rings is 1. The fourth-order valence-corrected chi connectivity index (χ4v) is 5.77. The molecule has 1 aliphatic rings. The van der Waals surface area contributed by atoms with E-state index in [0.717, 1.165) is 23.0 Å². The first-order valence-electron chi connectivity index (χ1n) is 9.64. The lowest BCUT2D eigenvalue weighted by Gasteiger charge is -2.24. The zero-order valence-corrected chi connectivity index (χ0v) is 17.4. The zero-order chi connectivity index (χ0) is 19.1. The van der Waals surface area contributed by atoms with E-state index >= 15 is 0 Å². The van der Waals surface area contributed by atoms with Crippen LogP contribution in [0, 0.1) is 19.8 Å². The van der Waals surface area contributed by atoms with Crippen LogP contribution >= 0.6 is 22.9 Å². The lowest BCUT2D eigenvalue weighted by Crippen LogP contribution is -2.17. The molecule has 27 heavy (non-hydrogen) atoms. The van der Waals surface area contributed by atoms with Crippen LogP contribution in [0.25, 0.3) is 20.7 Å². The highest BCUT2D eigenvalue weighted by molar-refractivity contribution is 7.22. The molecule has 1 aliphatic carbocycles. The molecule has 0 radical (unpaired) electrons. The molecule has 0 spiro atoms. The number of hydrogen-bond donors (Lipinski definition) is 1. The van der Waals surface area contributed by atoms with E-state index < -0.39 is 0 Å². The van der Waals surface area contributed by atoms with Crippen molar-refractivity contribution in [2.24, 2.45) is 11.7 Å². The van der Waals surface area contributed by atoms with Gasteiger partial charge < -0.3 is 10.3 Å². The molecular weight excluding hydrogens is 376 g/mol. The Morgan fingerprint density at radius 2 is 1.96 bits per heavy atom. The monoisotopic (exact) mass is 400 g/mol. The molecule has 2 heterocycles. The molecule has 3 nitrogen and oxygen atoms in total. The minimum Gasteiger partial charge on any atom is -0.366 e. The van der Waals surface area contributed by atoms with E-state index in [1.165, 1.54) is 52.6 Å². The van der Waals surface area contributed by atoms with Crippen LogP contribution in [0.4, 0.5) is 0 Å². The third-order valence-corrected chi connectivity index (χ3v) is 7.46. The number of hydrogen-bond acceptors (Lipinski definition) is 2. The Hall–Kier alpha value is -1.78. The molecule has 1 fully saturated rings. The third-order valence-electron chi connectivity index (χ3n) is 5.93. The van der Waals surface area contributed by atoms with Crippen LogP contribution < -0.4 is 5.73 Å². The Bertz CT molecular complexity index is 1010. The summed E-state index contributed by atoms with van der Waals surface area (Å²) in [5.41, 5.74) is 9.63. The first-order valence-corrected chi connectivity index (χ1v) is 10.8. The summed E-state index contributed by atoms with van der Waals surface area (Å²) < 4.78 is 3.55. The number of fused-ring (bicyclic) bond motifs is 1. The van der Waals surface area contributed by atoms with Crippen LogP contribution in [-0.2, 0) is 6.54 Å². The summed E-state index contributed by atoms with van der Waals surface area (Å²) >= 11 is 7.98. The summed E-state index contributed by atoms with van der Waals surface area (Å²) in [5.74, 6) is 0.325. The van der Waals surface area contributed by atoms with E-state index in [1.807, 2.05) is 25.1 Å². The molecule has 5 heteroatoms. The van der Waals surface area contributed by atoms with Gasteiger partial charge in [0.25, 0.3) is 5.91 Å². The van der Waals surface area contributed by atoms with Crippen molar-refractivity contribution in [3.63, 3.8) is 0 Å². The lowest BCUT2D eigenvalue weighted by molar-refractivity contribution is 0.0999. The number of aromatic nitrogens is 1. The number of rotatable bonds is 4. The van der Waals surface area contributed by atoms with E-state index in [0.29, 0.717) is 11.5 Å². The highest BCUT2D eigenvalue weighted by atomic mass is 35.5. The van der Waals surface area contributed by atoms with Crippen LogP contribution in [0.2, 0.25) is 5.02 Å². The number of halogens is 1. The number of nitrogens with two attached hydrogens (primary N) is 1. The largest absolute Gasteiger partial charge is 0.366 e. The fraction of sp³-hybridized carbons (Fsp3) is 0.409. The lowest BCUT2D eigenvalue weighted by atomic mass is 9.89. The second kappa shape index (κ2) is 7.33. The van der Waals surface area contributed by atoms with E-state index in [9.17, 15) is 4.79 Å². The van der Waals surface area contributed by atoms with Crippen molar-refractivity contribution in [1.29, 1.82) is 0 Å². The minimum absolute atomic E-state index is 0.349. The van der Waals surface area contributed by atoms with Crippen LogP contribution in [0.5, 0.6) is 0 Å². The van der Waals surface area contributed by atoms with Gasteiger partial charge in [-0.3, -0.25) is 4.79 Å². The maximum atomic E-state index is 12.0. The predicted octanol–water partition coefficient (Wildman–Crippen LogP) is 6.32. The summed E-state index contributed by atoms with van der Waals surface area (Å²) in [6, 6.07) is 8.03. The molecule has 0 bridgehead atoms. The highest BCUT2D eigenvalue weighted by Crippen LogP contribution is 2.41. The summed E-state index contributed by atoms with van der Waals surface area (Å²) in [6.07, 6.45) is 6.50. The van der Waals surface area contributed by atoms with Gasteiger partial charge in [0.15, 0.2) is 0 Å². The Morgan fingerprint density at radius 1 is 1.22 bits per heavy atom. The molecule has 1 saturated carbocycles. The number of aryl methyl sites for hydroxylation is 1. The van der Waals surface area contributed by atoms with Gasteiger partial charge in [0, 0.05) is 22.0 Å². The van der Waals surface area contributed by atoms with Crippen LogP contribution in [0.15, 0.2) is 24.3 Å². The topological polar surface area (TPSA) is 48.0 Å². The zero-order valence-electron chi connectivity index (χ0n) is 15.8. The first-order chi connectivity index (χ1) is 13.0. The van der Waals surface area contributed by atoms with E-state index in [4.69, 9.17) is 17.3 Å². The Morgan fingerprint density at radius 3 is 2.67 bits per heavy atom. The number of carbonyl (C=O) groups is 1. The van der Waals surface area contributed by atoms with Gasteiger partial charge >= 0.3 is 0 Å². The van der Waals surface area contributed by atoms with E-state index in [2.05, 4.69) is 17.6 Å². The number of nitrogens with zero attached hydrogens (tertiary/aromatic N) is 1. The summed E-state index contributed by atoms with van der Waals surface area (Å²) in [6.45, 7) is 5.12. The fourth-order valence-electron chi connectivity index (χ4n) is 4.38. The first kappa shape index (κ1) is 18.6. The highest BCUT2D eigenvalue weighted by Gasteiger charge is 2.23. The van der Waals surface area contributed by atoms with Gasteiger partial charge in [0.1, 0.15) is 0 Å². The average Bonchev–Trinajstić information content (AvgIpc) is 3.14. The summed E-state index contributed by atoms with van der Waals surface area (Å²) in [4.78, 5) is 13.2. The van der Waals surface area contributed by atoms with Crippen molar-refractivity contribution in [3.8, 4) is 10.6 Å². The third kappa shape index (κ3) is 3.41. The van der Waals surface area contributed by atoms with E-state index in [-0.39, 0.29) is 5.91 Å². The van der Waals surface area contributed by atoms with Gasteiger partial charge in [-0.05, 0) is 67.8 Å². The molecule has 2 aromatic heterocycles. The standard InChI is InChI=1S/C22H25ClN2OS/c1-13-17-10-16(23)8-9-20(17)27-21(13)19-11-18(22(24)26)14(2)25(19)12-15-6-4-3-5-7-15/h8-11,15H,3-7,12H2,1-2H3,(H2,24,26). The number of primary amides is 1. The Balaban J connectivity index is 1.85. The predicted molar refractivity (Wildman–Crippen MR) is 115 cm³/mol. The molecule has 1 aromatic carbocycles. The van der Waals surface area contributed by atoms with Gasteiger partial charge in [-0.2, -0.15) is 0 Å². The van der Waals surface area contributed by atoms with Gasteiger partial charge in [0.05, 0.1) is 16.1 Å². The van der Waals surface area contributed by atoms with Gasteiger partial charge in [-0.15, -0.1) is 11.3 Å². The summed E-state index contributed by atoms with van der Waals surface area (Å²) in [7, 11) is 0. The number of carbonyl (C=O) groups excluding carboxylic acids is 1. The number of amides is 1. The Labute approximate surface area is 169 Å². The van der Waals surface area contributed by atoms with Gasteiger partial charge in [0.2, 0.25) is 0 Å². The van der Waals surface area contributed by atoms with E-state index in [1.54, 1.807) is 11.3 Å². The second-order valence-electron chi connectivity index (χ2n) is 7.70. The van der Waals surface area contributed by atoms with Crippen LogP contribution in [0.1, 0.15) is 53.7 Å². The van der Waals surface area contributed by atoms with Crippen molar-refractivity contribution in [3.05, 3.63) is 46.1 Å². The van der Waals surface area contributed by atoms with Gasteiger partial charge in [-0.25, -0.2) is 0 Å². The van der Waals surface area contributed by atoms with Gasteiger partial charge in [-0.1, -0.05) is 30.9 Å². The summed E-state index contributed by atoms with van der Waals surface area (Å²) in [5, 5.41) is 1.94. The smallest absolute Gasteiger partial charge is 0.250 e. The normalized spacial score (nSPS) is 15.5. The number of benzene rings is 1. The average molecular weight is 401 g/mol. The maximum Gasteiger partial charge on any atom is 0.250 e. The molecule has 0 atom stereocenters. The van der Waals surface area contributed by atoms with Crippen molar-refractivity contribution in [2.75, 3.05) is 0 Å². The maximum absolute atomic E-state index is 12.0. The molecule has 0 aliphatic heterocycles. The quantitative estimate of drug-likeness (QED) is 0.547. The molecule has 1 amide bonds. The molecule has 2 N–H and O–H groups in total. The van der Waals surface area contributed by atoms with Crippen molar-refractivity contribution < 1.29 is 4.79 Å². The molecule has 0 saturated heterocycles. The molecular formula is C22H25ClN2OS. The van der Waals surface area contributed by atoms with Crippen molar-refractivity contribution >= 4 is 38.9 Å². The van der Waals surface area contributed by atoms with Crippen molar-refractivity contribution in [2.45, 2.75) is 52.5 Å². The SMILES string of the molecule is Cc1c(-c2cc(C(N)=O)c(C)n2CC2CCCCC2)sc2ccc(Cl)cc12. The molecule has 4 rings (SSSR count). The molecule has 0 unspecified atom stereocenters. The van der Waals surface area contributed by atoms with Crippen LogP contribution in [0.3, 0.4) is 0 Å². The Kier molecular flexibility index (Phi) is 5.04. The molecule has 3 aromatic rings. The second-order valence-corrected chi connectivity index (χ2v) is 9.19. The molecule has 142 valence electrons. The van der Waals surface area contributed by atoms with Crippen molar-refractivity contribution in [1.82, 2.24) is 4.57 Å².